The Hall–Kier alpha value is -1.71. The summed E-state index contributed by atoms with van der Waals surface area (Å²) in [6.07, 6.45) is 1.97. The van der Waals surface area contributed by atoms with Crippen LogP contribution in [0.2, 0.25) is 10.0 Å². The second kappa shape index (κ2) is 10.3. The summed E-state index contributed by atoms with van der Waals surface area (Å²) < 4.78 is 40.8. The van der Waals surface area contributed by atoms with Crippen molar-refractivity contribution in [1.29, 1.82) is 0 Å². The summed E-state index contributed by atoms with van der Waals surface area (Å²) in [5.41, 5.74) is 0.341. The molecule has 0 bridgehead atoms. The highest BCUT2D eigenvalue weighted by molar-refractivity contribution is 7.89. The second-order valence-electron chi connectivity index (χ2n) is 7.41. The first kappa shape index (κ1) is 23.9. The standard InChI is InChI=1S/C21H24Cl2FN3O3S/c1-26(31(29,30)16-9-7-15(22)8-10-16)14-20(28)25-13-19(27-11-2-3-12-27)21-17(23)5-4-6-18(21)24/h4-10,19H,2-3,11-14H2,1H3,(H,25,28). The van der Waals surface area contributed by atoms with Crippen molar-refractivity contribution in [3.8, 4) is 0 Å². The van der Waals surface area contributed by atoms with Gasteiger partial charge in [-0.25, -0.2) is 12.8 Å². The Morgan fingerprint density at radius 2 is 1.81 bits per heavy atom. The van der Waals surface area contributed by atoms with Crippen LogP contribution in [0.1, 0.15) is 24.4 Å². The fourth-order valence-corrected chi connectivity index (χ4v) is 5.18. The quantitative estimate of drug-likeness (QED) is 0.615. The largest absolute Gasteiger partial charge is 0.353 e. The van der Waals surface area contributed by atoms with Crippen molar-refractivity contribution in [1.82, 2.24) is 14.5 Å². The molecule has 1 fully saturated rings. The summed E-state index contributed by atoms with van der Waals surface area (Å²) in [5.74, 6) is -0.919. The van der Waals surface area contributed by atoms with E-state index < -0.39 is 27.8 Å². The maximum Gasteiger partial charge on any atom is 0.243 e. The van der Waals surface area contributed by atoms with Crippen molar-refractivity contribution >= 4 is 39.1 Å². The van der Waals surface area contributed by atoms with E-state index in [4.69, 9.17) is 23.2 Å². The summed E-state index contributed by atoms with van der Waals surface area (Å²) >= 11 is 12.1. The van der Waals surface area contributed by atoms with Crippen LogP contribution >= 0.6 is 23.2 Å². The monoisotopic (exact) mass is 487 g/mol. The van der Waals surface area contributed by atoms with Crippen molar-refractivity contribution in [2.24, 2.45) is 0 Å². The van der Waals surface area contributed by atoms with E-state index in [0.29, 0.717) is 15.6 Å². The van der Waals surface area contributed by atoms with Gasteiger partial charge in [-0.2, -0.15) is 4.31 Å². The van der Waals surface area contributed by atoms with Crippen LogP contribution in [0.25, 0.3) is 0 Å². The van der Waals surface area contributed by atoms with Crippen LogP contribution in [0.3, 0.4) is 0 Å². The number of carbonyl (C=O) groups is 1. The number of nitrogens with zero attached hydrogens (tertiary/aromatic N) is 2. The van der Waals surface area contributed by atoms with Crippen LogP contribution in [-0.2, 0) is 14.8 Å². The van der Waals surface area contributed by atoms with Crippen LogP contribution in [-0.4, -0.2) is 56.8 Å². The summed E-state index contributed by atoms with van der Waals surface area (Å²) in [6.45, 7) is 1.29. The maximum atomic E-state index is 14.5. The molecule has 0 aliphatic carbocycles. The van der Waals surface area contributed by atoms with Crippen molar-refractivity contribution in [2.45, 2.75) is 23.8 Å². The van der Waals surface area contributed by atoms with Gasteiger partial charge in [0.2, 0.25) is 15.9 Å². The Bertz CT molecular complexity index is 1010. The fraction of sp³-hybridized carbons (Fsp3) is 0.381. The Labute approximate surface area is 192 Å². The van der Waals surface area contributed by atoms with Gasteiger partial charge in [-0.05, 0) is 62.3 Å². The molecule has 0 spiro atoms. The lowest BCUT2D eigenvalue weighted by molar-refractivity contribution is -0.121. The third-order valence-corrected chi connectivity index (χ3v) is 7.69. The normalized spacial score (nSPS) is 15.9. The van der Waals surface area contributed by atoms with Gasteiger partial charge >= 0.3 is 0 Å². The number of benzene rings is 2. The number of rotatable bonds is 8. The molecule has 0 radical (unpaired) electrons. The third-order valence-electron chi connectivity index (χ3n) is 5.30. The van der Waals surface area contributed by atoms with Gasteiger partial charge in [0.05, 0.1) is 17.5 Å². The van der Waals surface area contributed by atoms with Crippen molar-refractivity contribution in [3.63, 3.8) is 0 Å². The maximum absolute atomic E-state index is 14.5. The van der Waals surface area contributed by atoms with Crippen LogP contribution in [0, 0.1) is 5.82 Å². The van der Waals surface area contributed by atoms with Crippen LogP contribution in [0.5, 0.6) is 0 Å². The van der Waals surface area contributed by atoms with Gasteiger partial charge in [-0.3, -0.25) is 9.69 Å². The van der Waals surface area contributed by atoms with Gasteiger partial charge in [0, 0.05) is 29.2 Å². The molecule has 31 heavy (non-hydrogen) atoms. The zero-order valence-corrected chi connectivity index (χ0v) is 19.4. The van der Waals surface area contributed by atoms with E-state index in [2.05, 4.69) is 10.2 Å². The highest BCUT2D eigenvalue weighted by atomic mass is 35.5. The molecule has 10 heteroatoms. The molecule has 1 aliphatic heterocycles. The van der Waals surface area contributed by atoms with Crippen LogP contribution in [0.4, 0.5) is 4.39 Å². The number of hydrogen-bond acceptors (Lipinski definition) is 4. The van der Waals surface area contributed by atoms with Gasteiger partial charge in [-0.1, -0.05) is 29.3 Å². The van der Waals surface area contributed by atoms with Crippen molar-refractivity contribution in [3.05, 3.63) is 63.9 Å². The van der Waals surface area contributed by atoms with Gasteiger partial charge in [0.25, 0.3) is 0 Å². The molecule has 3 rings (SSSR count). The van der Waals surface area contributed by atoms with Crippen LogP contribution < -0.4 is 5.32 Å². The lowest BCUT2D eigenvalue weighted by atomic mass is 10.0. The molecule has 168 valence electrons. The Morgan fingerprint density at radius 3 is 2.42 bits per heavy atom. The summed E-state index contributed by atoms with van der Waals surface area (Å²) in [6, 6.07) is 9.79. The number of sulfonamides is 1. The van der Waals surface area contributed by atoms with E-state index in [9.17, 15) is 17.6 Å². The molecule has 1 atom stereocenters. The molecule has 1 unspecified atom stereocenters. The van der Waals surface area contributed by atoms with E-state index >= 15 is 0 Å². The first-order valence-electron chi connectivity index (χ1n) is 9.86. The molecule has 1 aliphatic rings. The molecule has 0 aromatic heterocycles. The minimum absolute atomic E-state index is 0.0419. The predicted octanol–water partition coefficient (Wildman–Crippen LogP) is 3.71. The fourth-order valence-electron chi connectivity index (χ4n) is 3.64. The highest BCUT2D eigenvalue weighted by Crippen LogP contribution is 2.32. The lowest BCUT2D eigenvalue weighted by Crippen LogP contribution is -2.42. The first-order valence-corrected chi connectivity index (χ1v) is 12.1. The van der Waals surface area contributed by atoms with Crippen molar-refractivity contribution < 1.29 is 17.6 Å². The molecule has 0 saturated carbocycles. The number of likely N-dealkylation sites (tertiary alicyclic amines) is 1. The number of likely N-dealkylation sites (N-methyl/N-ethyl adjacent to an activating group) is 1. The number of nitrogens with one attached hydrogen (secondary N) is 1. The average Bonchev–Trinajstić information content (AvgIpc) is 3.25. The first-order chi connectivity index (χ1) is 14.7. The Kier molecular flexibility index (Phi) is 7.93. The molecule has 2 aromatic carbocycles. The second-order valence-corrected chi connectivity index (χ2v) is 10.3. The van der Waals surface area contributed by atoms with E-state index in [1.807, 2.05) is 0 Å². The third kappa shape index (κ3) is 5.75. The number of hydrogen-bond donors (Lipinski definition) is 1. The molecule has 1 N–H and O–H groups in total. The number of amides is 1. The molecule has 1 saturated heterocycles. The Morgan fingerprint density at radius 1 is 1.16 bits per heavy atom. The minimum atomic E-state index is -3.85. The zero-order valence-electron chi connectivity index (χ0n) is 17.0. The van der Waals surface area contributed by atoms with Gasteiger partial charge in [0.1, 0.15) is 5.82 Å². The highest BCUT2D eigenvalue weighted by Gasteiger charge is 2.29. The van der Waals surface area contributed by atoms with E-state index in [1.165, 1.54) is 43.4 Å². The number of halogens is 3. The van der Waals surface area contributed by atoms with E-state index in [0.717, 1.165) is 30.2 Å². The topological polar surface area (TPSA) is 69.7 Å². The molecule has 1 amide bonds. The van der Waals surface area contributed by atoms with E-state index in [-0.39, 0.29) is 18.0 Å². The SMILES string of the molecule is CN(CC(=O)NCC(c1c(F)cccc1Cl)N1CCCC1)S(=O)(=O)c1ccc(Cl)cc1. The summed E-state index contributed by atoms with van der Waals surface area (Å²) in [5, 5.41) is 3.46. The molecule has 1 heterocycles. The lowest BCUT2D eigenvalue weighted by Gasteiger charge is -2.29. The molecular formula is C21H24Cl2FN3O3S. The Balaban J connectivity index is 1.69. The van der Waals surface area contributed by atoms with Crippen LogP contribution in [0.15, 0.2) is 47.4 Å². The molecule has 6 nitrogen and oxygen atoms in total. The zero-order chi connectivity index (χ0) is 22.6. The summed E-state index contributed by atoms with van der Waals surface area (Å²) in [4.78, 5) is 14.6. The number of carbonyl (C=O) groups excluding carboxylic acids is 1. The van der Waals surface area contributed by atoms with Gasteiger partial charge in [-0.15, -0.1) is 0 Å². The van der Waals surface area contributed by atoms with Gasteiger partial charge in [0.15, 0.2) is 0 Å². The predicted molar refractivity (Wildman–Crippen MR) is 119 cm³/mol. The molecular weight excluding hydrogens is 464 g/mol. The minimum Gasteiger partial charge on any atom is -0.353 e. The van der Waals surface area contributed by atoms with Gasteiger partial charge < -0.3 is 5.32 Å². The molecule has 2 aromatic rings. The summed E-state index contributed by atoms with van der Waals surface area (Å²) in [7, 11) is -2.52. The van der Waals surface area contributed by atoms with Crippen molar-refractivity contribution in [2.75, 3.05) is 33.2 Å². The average molecular weight is 488 g/mol. The smallest absolute Gasteiger partial charge is 0.243 e. The van der Waals surface area contributed by atoms with E-state index in [1.54, 1.807) is 6.07 Å².